The molecule has 0 radical (unpaired) electrons. The summed E-state index contributed by atoms with van der Waals surface area (Å²) < 4.78 is 9.29. The predicted molar refractivity (Wildman–Crippen MR) is 43.9 cm³/mol. The van der Waals surface area contributed by atoms with Crippen molar-refractivity contribution in [2.24, 2.45) is 0 Å². The molecule has 0 bridgehead atoms. The summed E-state index contributed by atoms with van der Waals surface area (Å²) in [5.41, 5.74) is 0. The van der Waals surface area contributed by atoms with Gasteiger partial charge in [0.2, 0.25) is 0 Å². The lowest BCUT2D eigenvalue weighted by Crippen LogP contribution is -2.47. The molecule has 1 unspecified atom stereocenters. The number of esters is 1. The number of ether oxygens (including phenoxy) is 2. The van der Waals surface area contributed by atoms with Gasteiger partial charge in [-0.15, -0.1) is 0 Å². The third-order valence-corrected chi connectivity index (χ3v) is 1.86. The number of hydrogen-bond donors (Lipinski definition) is 0. The van der Waals surface area contributed by atoms with Gasteiger partial charge in [-0.25, -0.2) is 4.79 Å². The Morgan fingerprint density at radius 3 is 2.93 bits per heavy atom. The zero-order chi connectivity index (χ0) is 10.6. The summed E-state index contributed by atoms with van der Waals surface area (Å²) >= 11 is 0. The highest BCUT2D eigenvalue weighted by molar-refractivity contribution is 6.32. The van der Waals surface area contributed by atoms with Crippen LogP contribution in [0.2, 0.25) is 0 Å². The number of carbonyl (C=O) groups is 2. The Labute approximate surface area is 81.0 Å². The molecule has 0 aromatic rings. The lowest BCUT2D eigenvalue weighted by atomic mass is 10.3. The van der Waals surface area contributed by atoms with E-state index in [-0.39, 0.29) is 13.2 Å². The van der Waals surface area contributed by atoms with Crippen LogP contribution in [0.5, 0.6) is 0 Å². The molecule has 76 valence electrons. The highest BCUT2D eigenvalue weighted by Gasteiger charge is 2.28. The van der Waals surface area contributed by atoms with Crippen LogP contribution < -0.4 is 0 Å². The molecule has 1 heterocycles. The average molecular weight is 198 g/mol. The molecule has 6 heteroatoms. The van der Waals surface area contributed by atoms with Gasteiger partial charge in [-0.2, -0.15) is 5.26 Å². The lowest BCUT2D eigenvalue weighted by Gasteiger charge is -2.28. The van der Waals surface area contributed by atoms with Crippen molar-refractivity contribution in [2.45, 2.75) is 6.10 Å². The lowest BCUT2D eigenvalue weighted by molar-refractivity contribution is -0.160. The van der Waals surface area contributed by atoms with Crippen LogP contribution in [-0.2, 0) is 19.1 Å². The van der Waals surface area contributed by atoms with Gasteiger partial charge in [0.25, 0.3) is 0 Å². The second-order valence-electron chi connectivity index (χ2n) is 2.73. The summed E-state index contributed by atoms with van der Waals surface area (Å²) in [7, 11) is 1.14. The number of rotatable bonds is 0. The predicted octanol–water partition coefficient (Wildman–Crippen LogP) is -1.09. The summed E-state index contributed by atoms with van der Waals surface area (Å²) in [6.07, 6.45) is -0.655. The van der Waals surface area contributed by atoms with Gasteiger partial charge in [-0.1, -0.05) is 0 Å². The van der Waals surface area contributed by atoms with Crippen LogP contribution in [0, 0.1) is 11.3 Å². The van der Waals surface area contributed by atoms with E-state index >= 15 is 0 Å². The van der Waals surface area contributed by atoms with Crippen molar-refractivity contribution in [1.29, 1.82) is 5.26 Å². The second kappa shape index (κ2) is 4.58. The van der Waals surface area contributed by atoms with E-state index in [2.05, 4.69) is 4.74 Å². The molecule has 0 aliphatic carbocycles. The van der Waals surface area contributed by atoms with Crippen LogP contribution in [0.4, 0.5) is 0 Å². The van der Waals surface area contributed by atoms with Crippen LogP contribution in [0.1, 0.15) is 0 Å². The minimum absolute atomic E-state index is 0.116. The van der Waals surface area contributed by atoms with Crippen molar-refractivity contribution >= 4 is 11.9 Å². The standard InChI is InChI=1S/C8H10N2O4/c1-13-8(12)7(11)10-2-3-14-6(4-9)5-10/h6H,2-3,5H2,1H3. The number of hydrogen-bond acceptors (Lipinski definition) is 5. The molecule has 1 amide bonds. The van der Waals surface area contributed by atoms with Crippen molar-refractivity contribution in [3.63, 3.8) is 0 Å². The highest BCUT2D eigenvalue weighted by atomic mass is 16.5. The first-order valence-corrected chi connectivity index (χ1v) is 4.07. The molecule has 0 aromatic carbocycles. The first-order valence-electron chi connectivity index (χ1n) is 4.07. The minimum Gasteiger partial charge on any atom is -0.462 e. The average Bonchev–Trinajstić information content (AvgIpc) is 2.27. The normalized spacial score (nSPS) is 21.1. The maximum Gasteiger partial charge on any atom is 0.396 e. The summed E-state index contributed by atoms with van der Waals surface area (Å²) in [4.78, 5) is 23.4. The van der Waals surface area contributed by atoms with E-state index in [0.717, 1.165) is 7.11 Å². The highest BCUT2D eigenvalue weighted by Crippen LogP contribution is 2.04. The summed E-state index contributed by atoms with van der Waals surface area (Å²) in [6, 6.07) is 1.88. The van der Waals surface area contributed by atoms with Gasteiger partial charge in [0.05, 0.1) is 26.3 Å². The zero-order valence-electron chi connectivity index (χ0n) is 7.73. The molecular formula is C8H10N2O4. The maximum absolute atomic E-state index is 11.3. The molecule has 1 fully saturated rings. The molecule has 1 saturated heterocycles. The SMILES string of the molecule is COC(=O)C(=O)N1CCOC(C#N)C1. The summed E-state index contributed by atoms with van der Waals surface area (Å²) in [5.74, 6) is -1.64. The minimum atomic E-state index is -0.913. The maximum atomic E-state index is 11.3. The summed E-state index contributed by atoms with van der Waals surface area (Å²) in [5, 5.41) is 8.56. The monoisotopic (exact) mass is 198 g/mol. The van der Waals surface area contributed by atoms with Gasteiger partial charge in [0, 0.05) is 6.54 Å². The molecule has 0 saturated carbocycles. The molecule has 1 aliphatic rings. The largest absolute Gasteiger partial charge is 0.462 e. The van der Waals surface area contributed by atoms with Crippen molar-refractivity contribution in [3.8, 4) is 6.07 Å². The van der Waals surface area contributed by atoms with E-state index in [1.807, 2.05) is 6.07 Å². The molecule has 1 atom stereocenters. The summed E-state index contributed by atoms with van der Waals surface area (Å²) in [6.45, 7) is 0.692. The first-order chi connectivity index (χ1) is 6.69. The van der Waals surface area contributed by atoms with Crippen molar-refractivity contribution < 1.29 is 19.1 Å². The topological polar surface area (TPSA) is 79.6 Å². The Kier molecular flexibility index (Phi) is 3.42. The van der Waals surface area contributed by atoms with E-state index in [1.165, 1.54) is 4.90 Å². The Bertz CT molecular complexity index is 284. The van der Waals surface area contributed by atoms with E-state index in [9.17, 15) is 9.59 Å². The fraction of sp³-hybridized carbons (Fsp3) is 0.625. The Balaban J connectivity index is 2.57. The quantitative estimate of drug-likeness (QED) is 0.365. The van der Waals surface area contributed by atoms with Crippen LogP contribution >= 0.6 is 0 Å². The van der Waals surface area contributed by atoms with Gasteiger partial charge in [0.1, 0.15) is 0 Å². The molecule has 14 heavy (non-hydrogen) atoms. The van der Waals surface area contributed by atoms with Crippen molar-refractivity contribution in [2.75, 3.05) is 26.8 Å². The Hall–Kier alpha value is -1.61. The van der Waals surface area contributed by atoms with Gasteiger partial charge >= 0.3 is 11.9 Å². The Morgan fingerprint density at radius 1 is 1.64 bits per heavy atom. The molecule has 0 aromatic heterocycles. The van der Waals surface area contributed by atoms with Gasteiger partial charge in [0.15, 0.2) is 6.10 Å². The fourth-order valence-corrected chi connectivity index (χ4v) is 1.13. The fourth-order valence-electron chi connectivity index (χ4n) is 1.13. The van der Waals surface area contributed by atoms with Gasteiger partial charge < -0.3 is 14.4 Å². The van der Waals surface area contributed by atoms with Crippen molar-refractivity contribution in [1.82, 2.24) is 4.90 Å². The van der Waals surface area contributed by atoms with E-state index in [1.54, 1.807) is 0 Å². The zero-order valence-corrected chi connectivity index (χ0v) is 7.73. The van der Waals surface area contributed by atoms with Gasteiger partial charge in [-0.3, -0.25) is 4.79 Å². The molecule has 0 N–H and O–H groups in total. The molecule has 1 rings (SSSR count). The van der Waals surface area contributed by atoms with Crippen LogP contribution in [0.25, 0.3) is 0 Å². The number of nitrogens with zero attached hydrogens (tertiary/aromatic N) is 2. The van der Waals surface area contributed by atoms with Crippen molar-refractivity contribution in [3.05, 3.63) is 0 Å². The number of amides is 1. The van der Waals surface area contributed by atoms with Crippen LogP contribution in [-0.4, -0.2) is 49.7 Å². The van der Waals surface area contributed by atoms with E-state index < -0.39 is 18.0 Å². The smallest absolute Gasteiger partial charge is 0.396 e. The molecule has 6 nitrogen and oxygen atoms in total. The van der Waals surface area contributed by atoms with Gasteiger partial charge in [-0.05, 0) is 0 Å². The third kappa shape index (κ3) is 2.20. The molecular weight excluding hydrogens is 188 g/mol. The molecule has 0 spiro atoms. The second-order valence-corrected chi connectivity index (χ2v) is 2.73. The number of carbonyl (C=O) groups excluding carboxylic acids is 2. The van der Waals surface area contributed by atoms with Crippen LogP contribution in [0.15, 0.2) is 0 Å². The van der Waals surface area contributed by atoms with E-state index in [0.29, 0.717) is 6.54 Å². The third-order valence-electron chi connectivity index (χ3n) is 1.86. The number of nitriles is 1. The first kappa shape index (κ1) is 10.5. The molecule has 1 aliphatic heterocycles. The number of methoxy groups -OCH3 is 1. The Morgan fingerprint density at radius 2 is 2.36 bits per heavy atom. The van der Waals surface area contributed by atoms with Crippen LogP contribution in [0.3, 0.4) is 0 Å². The van der Waals surface area contributed by atoms with E-state index in [4.69, 9.17) is 10.00 Å². The number of morpholine rings is 1.